The number of nitrogens with zero attached hydrogens (tertiary/aromatic N) is 3. The number of carbonyl (C=O) groups excluding carboxylic acids is 1. The minimum Gasteiger partial charge on any atom is -0.444 e. The average Bonchev–Trinajstić information content (AvgIpc) is 2.90. The van der Waals surface area contributed by atoms with E-state index >= 15 is 0 Å². The first-order valence-corrected chi connectivity index (χ1v) is 8.99. The maximum atomic E-state index is 12.3. The van der Waals surface area contributed by atoms with E-state index in [1.165, 1.54) is 6.33 Å². The Hall–Kier alpha value is -2.38. The number of nitrogen functional groups attached to an aromatic ring is 1. The fourth-order valence-corrected chi connectivity index (χ4v) is 3.91. The highest BCUT2D eigenvalue weighted by Crippen LogP contribution is 2.49. The van der Waals surface area contributed by atoms with E-state index in [0.717, 1.165) is 32.4 Å². The second-order valence-corrected chi connectivity index (χ2v) is 8.51. The average molecular weight is 360 g/mol. The molecule has 1 aliphatic carbocycles. The molecule has 1 aliphatic heterocycles. The van der Waals surface area contributed by atoms with Gasteiger partial charge in [0.15, 0.2) is 0 Å². The Kier molecular flexibility index (Phi) is 4.54. The van der Waals surface area contributed by atoms with E-state index in [2.05, 4.69) is 15.3 Å². The standard InChI is InChI=1S/C18H28N6O2/c1-11(19)13-14(20)21-10-22-15(13)23-12-7-18(8-12)5-6-24(9-18)16(25)26-17(2,3)4/h10,12,19H,5-9H2,1-4H3,(H3,20,21,22,23). The largest absolute Gasteiger partial charge is 0.444 e. The molecule has 8 nitrogen and oxygen atoms in total. The van der Waals surface area contributed by atoms with Crippen LogP contribution < -0.4 is 11.1 Å². The van der Waals surface area contributed by atoms with Crippen molar-refractivity contribution in [3.8, 4) is 0 Å². The minimum atomic E-state index is -0.468. The molecular weight excluding hydrogens is 332 g/mol. The molecule has 8 heteroatoms. The van der Waals surface area contributed by atoms with Crippen molar-refractivity contribution in [1.82, 2.24) is 14.9 Å². The van der Waals surface area contributed by atoms with Crippen LogP contribution in [0.1, 0.15) is 52.5 Å². The molecule has 0 aromatic carbocycles. The molecule has 0 unspecified atom stereocenters. The monoisotopic (exact) mass is 360 g/mol. The molecular formula is C18H28N6O2. The van der Waals surface area contributed by atoms with Gasteiger partial charge < -0.3 is 26.1 Å². The van der Waals surface area contributed by atoms with Crippen LogP contribution in [0, 0.1) is 10.8 Å². The number of anilines is 2. The van der Waals surface area contributed by atoms with Crippen LogP contribution in [-0.2, 0) is 4.74 Å². The predicted octanol–water partition coefficient (Wildman–Crippen LogP) is 2.65. The number of amides is 1. The van der Waals surface area contributed by atoms with Crippen molar-refractivity contribution in [3.63, 3.8) is 0 Å². The third-order valence-corrected chi connectivity index (χ3v) is 5.04. The number of aromatic nitrogens is 2. The Morgan fingerprint density at radius 1 is 1.42 bits per heavy atom. The predicted molar refractivity (Wildman–Crippen MR) is 100 cm³/mol. The smallest absolute Gasteiger partial charge is 0.410 e. The van der Waals surface area contributed by atoms with Gasteiger partial charge in [-0.25, -0.2) is 14.8 Å². The Balaban J connectivity index is 1.58. The summed E-state index contributed by atoms with van der Waals surface area (Å²) in [5, 5.41) is 11.3. The van der Waals surface area contributed by atoms with Gasteiger partial charge in [0, 0.05) is 24.8 Å². The quantitative estimate of drug-likeness (QED) is 0.713. The number of likely N-dealkylation sites (tertiary alicyclic amines) is 1. The van der Waals surface area contributed by atoms with Gasteiger partial charge >= 0.3 is 6.09 Å². The van der Waals surface area contributed by atoms with E-state index in [9.17, 15) is 4.79 Å². The van der Waals surface area contributed by atoms with Crippen LogP contribution >= 0.6 is 0 Å². The van der Waals surface area contributed by atoms with E-state index in [0.29, 0.717) is 22.9 Å². The zero-order chi connectivity index (χ0) is 19.1. The number of nitrogens with two attached hydrogens (primary N) is 1. The summed E-state index contributed by atoms with van der Waals surface area (Å²) in [7, 11) is 0. The summed E-state index contributed by atoms with van der Waals surface area (Å²) in [5.41, 5.74) is 6.49. The molecule has 0 radical (unpaired) electrons. The summed E-state index contributed by atoms with van der Waals surface area (Å²) < 4.78 is 5.48. The van der Waals surface area contributed by atoms with Crippen molar-refractivity contribution in [1.29, 1.82) is 5.41 Å². The summed E-state index contributed by atoms with van der Waals surface area (Å²) in [6, 6.07) is 0.265. The molecule has 3 rings (SSSR count). The van der Waals surface area contributed by atoms with Crippen LogP contribution in [0.3, 0.4) is 0 Å². The summed E-state index contributed by atoms with van der Waals surface area (Å²) in [4.78, 5) is 22.3. The van der Waals surface area contributed by atoms with Crippen LogP contribution in [0.4, 0.5) is 16.4 Å². The molecule has 2 heterocycles. The lowest BCUT2D eigenvalue weighted by Gasteiger charge is -2.45. The molecule has 26 heavy (non-hydrogen) atoms. The van der Waals surface area contributed by atoms with Gasteiger partial charge in [-0.1, -0.05) is 0 Å². The Morgan fingerprint density at radius 2 is 2.12 bits per heavy atom. The molecule has 1 spiro atoms. The molecule has 2 aliphatic rings. The highest BCUT2D eigenvalue weighted by Gasteiger charge is 2.50. The number of carbonyl (C=O) groups is 1. The van der Waals surface area contributed by atoms with E-state index < -0.39 is 5.60 Å². The van der Waals surface area contributed by atoms with E-state index in [1.54, 1.807) is 6.92 Å². The van der Waals surface area contributed by atoms with Gasteiger partial charge in [-0.05, 0) is 52.4 Å². The topological polar surface area (TPSA) is 117 Å². The highest BCUT2D eigenvalue weighted by atomic mass is 16.6. The van der Waals surface area contributed by atoms with E-state index in [-0.39, 0.29) is 17.6 Å². The van der Waals surface area contributed by atoms with Crippen LogP contribution in [0.15, 0.2) is 6.33 Å². The van der Waals surface area contributed by atoms with Crippen LogP contribution in [0.25, 0.3) is 0 Å². The van der Waals surface area contributed by atoms with Crippen LogP contribution in [0.5, 0.6) is 0 Å². The molecule has 0 bridgehead atoms. The Labute approximate surface area is 154 Å². The second kappa shape index (κ2) is 6.41. The van der Waals surface area contributed by atoms with Gasteiger partial charge in [0.1, 0.15) is 23.6 Å². The van der Waals surface area contributed by atoms with Crippen LogP contribution in [-0.4, -0.2) is 51.4 Å². The van der Waals surface area contributed by atoms with Gasteiger partial charge in [0.2, 0.25) is 0 Å². The number of rotatable bonds is 3. The van der Waals surface area contributed by atoms with Gasteiger partial charge in [-0.3, -0.25) is 0 Å². The summed E-state index contributed by atoms with van der Waals surface area (Å²) in [6.45, 7) is 8.82. The normalized spacial score (nSPS) is 25.1. The molecule has 4 N–H and O–H groups in total. The lowest BCUT2D eigenvalue weighted by atomic mass is 9.65. The van der Waals surface area contributed by atoms with Gasteiger partial charge in [0.25, 0.3) is 0 Å². The lowest BCUT2D eigenvalue weighted by Crippen LogP contribution is -2.48. The first-order valence-electron chi connectivity index (χ1n) is 8.99. The van der Waals surface area contributed by atoms with Crippen molar-refractivity contribution in [3.05, 3.63) is 11.9 Å². The first-order chi connectivity index (χ1) is 12.1. The van der Waals surface area contributed by atoms with Gasteiger partial charge in [-0.15, -0.1) is 0 Å². The highest BCUT2D eigenvalue weighted by molar-refractivity contribution is 6.04. The summed E-state index contributed by atoms with van der Waals surface area (Å²) in [6.07, 6.45) is 4.11. The Bertz CT molecular complexity index is 721. The molecule has 0 atom stereocenters. The maximum absolute atomic E-state index is 12.3. The van der Waals surface area contributed by atoms with Crippen molar-refractivity contribution in [2.75, 3.05) is 24.1 Å². The molecule has 142 valence electrons. The van der Waals surface area contributed by atoms with Crippen LogP contribution in [0.2, 0.25) is 0 Å². The van der Waals surface area contributed by atoms with Gasteiger partial charge in [0.05, 0.1) is 5.56 Å². The summed E-state index contributed by atoms with van der Waals surface area (Å²) >= 11 is 0. The third kappa shape index (κ3) is 3.73. The number of hydrogen-bond donors (Lipinski definition) is 3. The van der Waals surface area contributed by atoms with Crippen molar-refractivity contribution in [2.45, 2.75) is 58.6 Å². The molecule has 1 aromatic heterocycles. The zero-order valence-electron chi connectivity index (χ0n) is 15.9. The molecule has 1 saturated carbocycles. The first kappa shape index (κ1) is 18.4. The third-order valence-electron chi connectivity index (χ3n) is 5.04. The van der Waals surface area contributed by atoms with E-state index in [4.69, 9.17) is 15.9 Å². The number of hydrogen-bond acceptors (Lipinski definition) is 7. The Morgan fingerprint density at radius 3 is 2.73 bits per heavy atom. The zero-order valence-corrected chi connectivity index (χ0v) is 15.9. The number of ether oxygens (including phenoxy) is 1. The lowest BCUT2D eigenvalue weighted by molar-refractivity contribution is 0.0237. The van der Waals surface area contributed by atoms with Crippen molar-refractivity contribution < 1.29 is 9.53 Å². The second-order valence-electron chi connectivity index (χ2n) is 8.51. The van der Waals surface area contributed by atoms with Crippen molar-refractivity contribution >= 4 is 23.4 Å². The maximum Gasteiger partial charge on any atom is 0.410 e. The molecule has 1 saturated heterocycles. The van der Waals surface area contributed by atoms with Gasteiger partial charge in [-0.2, -0.15) is 0 Å². The fourth-order valence-electron chi connectivity index (χ4n) is 3.91. The molecule has 1 aromatic rings. The summed E-state index contributed by atoms with van der Waals surface area (Å²) in [5.74, 6) is 0.938. The molecule has 1 amide bonds. The van der Waals surface area contributed by atoms with E-state index in [1.807, 2.05) is 25.7 Å². The van der Waals surface area contributed by atoms with Crippen molar-refractivity contribution in [2.24, 2.45) is 5.41 Å². The fraction of sp³-hybridized carbons (Fsp3) is 0.667. The minimum absolute atomic E-state index is 0.160. The SMILES string of the molecule is CC(=N)c1c(N)ncnc1NC1CC2(CCN(C(=O)OC(C)(C)C)C2)C1. The molecule has 2 fully saturated rings. The number of nitrogens with one attached hydrogen (secondary N) is 2.